The highest BCUT2D eigenvalue weighted by molar-refractivity contribution is 5.97. The molecule has 0 radical (unpaired) electrons. The Morgan fingerprint density at radius 1 is 1.30 bits per heavy atom. The van der Waals surface area contributed by atoms with E-state index in [0.29, 0.717) is 6.61 Å². The maximum atomic E-state index is 12.2. The van der Waals surface area contributed by atoms with Crippen molar-refractivity contribution >= 4 is 17.5 Å². The fourth-order valence-corrected chi connectivity index (χ4v) is 2.24. The fourth-order valence-electron chi connectivity index (χ4n) is 2.24. The van der Waals surface area contributed by atoms with E-state index in [0.717, 1.165) is 23.4 Å². The van der Waals surface area contributed by atoms with Crippen LogP contribution in [0.25, 0.3) is 0 Å². The molecule has 108 valence electrons. The first kappa shape index (κ1) is 14.4. The number of benzene rings is 1. The Morgan fingerprint density at radius 2 is 2.05 bits per heavy atom. The molecule has 0 aliphatic carbocycles. The third-order valence-corrected chi connectivity index (χ3v) is 3.26. The standard InChI is InChI=1S/C15H20N2O3/c1-9(2)14(16-10(3)18)15(19)17-12-4-5-13-11(8-12)6-7-20-13/h4-5,8-9,14H,6-7H2,1-3H3,(H,16,18)(H,17,19). The zero-order chi connectivity index (χ0) is 14.7. The molecule has 1 aromatic carbocycles. The van der Waals surface area contributed by atoms with Gasteiger partial charge in [0.1, 0.15) is 11.8 Å². The van der Waals surface area contributed by atoms with Crippen LogP contribution in [0.5, 0.6) is 5.75 Å². The molecule has 0 saturated carbocycles. The van der Waals surface area contributed by atoms with Crippen LogP contribution in [0.1, 0.15) is 26.3 Å². The van der Waals surface area contributed by atoms with Crippen molar-refractivity contribution in [3.05, 3.63) is 23.8 Å². The van der Waals surface area contributed by atoms with Crippen molar-refractivity contribution in [1.82, 2.24) is 5.32 Å². The van der Waals surface area contributed by atoms with Crippen molar-refractivity contribution in [2.45, 2.75) is 33.2 Å². The van der Waals surface area contributed by atoms with Crippen LogP contribution in [0.2, 0.25) is 0 Å². The smallest absolute Gasteiger partial charge is 0.247 e. The highest BCUT2D eigenvalue weighted by atomic mass is 16.5. The van der Waals surface area contributed by atoms with Gasteiger partial charge in [-0.05, 0) is 29.7 Å². The molecule has 1 aromatic rings. The van der Waals surface area contributed by atoms with E-state index >= 15 is 0 Å². The Morgan fingerprint density at radius 3 is 2.70 bits per heavy atom. The summed E-state index contributed by atoms with van der Waals surface area (Å²) in [7, 11) is 0. The van der Waals surface area contributed by atoms with E-state index in [4.69, 9.17) is 4.74 Å². The minimum atomic E-state index is -0.531. The fraction of sp³-hybridized carbons (Fsp3) is 0.467. The normalized spacial score (nSPS) is 14.4. The minimum Gasteiger partial charge on any atom is -0.493 e. The van der Waals surface area contributed by atoms with Gasteiger partial charge in [0.2, 0.25) is 11.8 Å². The molecule has 1 heterocycles. The first-order valence-corrected chi connectivity index (χ1v) is 6.81. The molecule has 0 bridgehead atoms. The molecule has 5 nitrogen and oxygen atoms in total. The average molecular weight is 276 g/mol. The molecule has 0 aromatic heterocycles. The number of nitrogens with one attached hydrogen (secondary N) is 2. The zero-order valence-corrected chi connectivity index (χ0v) is 12.0. The van der Waals surface area contributed by atoms with Gasteiger partial charge in [0.05, 0.1) is 6.61 Å². The summed E-state index contributed by atoms with van der Waals surface area (Å²) in [6.45, 7) is 5.90. The molecule has 1 unspecified atom stereocenters. The Balaban J connectivity index is 2.07. The summed E-state index contributed by atoms with van der Waals surface area (Å²) in [5.74, 6) is 0.497. The molecule has 2 rings (SSSR count). The van der Waals surface area contributed by atoms with Crippen molar-refractivity contribution < 1.29 is 14.3 Å². The van der Waals surface area contributed by atoms with Crippen LogP contribution < -0.4 is 15.4 Å². The van der Waals surface area contributed by atoms with Gasteiger partial charge in [0.25, 0.3) is 0 Å². The number of amides is 2. The molecular formula is C15H20N2O3. The molecule has 1 atom stereocenters. The molecule has 2 amide bonds. The molecule has 1 aliphatic heterocycles. The van der Waals surface area contributed by atoms with E-state index in [-0.39, 0.29) is 17.7 Å². The van der Waals surface area contributed by atoms with Crippen molar-refractivity contribution in [2.24, 2.45) is 5.92 Å². The third kappa shape index (κ3) is 3.29. The van der Waals surface area contributed by atoms with Gasteiger partial charge in [-0.15, -0.1) is 0 Å². The van der Waals surface area contributed by atoms with Gasteiger partial charge >= 0.3 is 0 Å². The number of fused-ring (bicyclic) bond motifs is 1. The van der Waals surface area contributed by atoms with Crippen molar-refractivity contribution in [3.63, 3.8) is 0 Å². The predicted molar refractivity (Wildman–Crippen MR) is 76.7 cm³/mol. The van der Waals surface area contributed by atoms with Crippen LogP contribution in [0, 0.1) is 5.92 Å². The SMILES string of the molecule is CC(=O)NC(C(=O)Nc1ccc2c(c1)CCO2)C(C)C. The molecule has 5 heteroatoms. The third-order valence-electron chi connectivity index (χ3n) is 3.26. The summed E-state index contributed by atoms with van der Waals surface area (Å²) in [5, 5.41) is 5.53. The minimum absolute atomic E-state index is 0.0247. The van der Waals surface area contributed by atoms with Gasteiger partial charge in [0, 0.05) is 19.0 Å². The lowest BCUT2D eigenvalue weighted by atomic mass is 10.0. The number of ether oxygens (including phenoxy) is 1. The van der Waals surface area contributed by atoms with Crippen LogP contribution >= 0.6 is 0 Å². The van der Waals surface area contributed by atoms with Crippen LogP contribution in [0.15, 0.2) is 18.2 Å². The van der Waals surface area contributed by atoms with E-state index in [1.165, 1.54) is 6.92 Å². The maximum Gasteiger partial charge on any atom is 0.247 e. The second-order valence-corrected chi connectivity index (χ2v) is 5.33. The largest absolute Gasteiger partial charge is 0.493 e. The quantitative estimate of drug-likeness (QED) is 0.880. The lowest BCUT2D eigenvalue weighted by Crippen LogP contribution is -2.46. The number of carbonyl (C=O) groups excluding carboxylic acids is 2. The first-order chi connectivity index (χ1) is 9.47. The molecule has 1 aliphatic rings. The monoisotopic (exact) mass is 276 g/mol. The van der Waals surface area contributed by atoms with Gasteiger partial charge in [-0.1, -0.05) is 13.8 Å². The van der Waals surface area contributed by atoms with E-state index in [2.05, 4.69) is 10.6 Å². The number of hydrogen-bond donors (Lipinski definition) is 2. The van der Waals surface area contributed by atoms with Gasteiger partial charge in [-0.25, -0.2) is 0 Å². The highest BCUT2D eigenvalue weighted by Gasteiger charge is 2.23. The summed E-state index contributed by atoms with van der Waals surface area (Å²) in [4.78, 5) is 23.4. The number of hydrogen-bond acceptors (Lipinski definition) is 3. The van der Waals surface area contributed by atoms with Crippen LogP contribution in [0.4, 0.5) is 5.69 Å². The van der Waals surface area contributed by atoms with Crippen LogP contribution in [-0.4, -0.2) is 24.5 Å². The first-order valence-electron chi connectivity index (χ1n) is 6.81. The Kier molecular flexibility index (Phi) is 4.27. The molecule has 0 saturated heterocycles. The zero-order valence-electron chi connectivity index (χ0n) is 12.0. The summed E-state index contributed by atoms with van der Waals surface area (Å²) in [5.41, 5.74) is 1.83. The van der Waals surface area contributed by atoms with Crippen molar-refractivity contribution in [3.8, 4) is 5.75 Å². The van der Waals surface area contributed by atoms with Crippen molar-refractivity contribution in [1.29, 1.82) is 0 Å². The number of anilines is 1. The summed E-state index contributed by atoms with van der Waals surface area (Å²) in [6.07, 6.45) is 0.859. The Bertz CT molecular complexity index is 526. The highest BCUT2D eigenvalue weighted by Crippen LogP contribution is 2.27. The Labute approximate surface area is 118 Å². The van der Waals surface area contributed by atoms with E-state index < -0.39 is 6.04 Å². The summed E-state index contributed by atoms with van der Waals surface area (Å²) in [6, 6.07) is 5.07. The molecular weight excluding hydrogens is 256 g/mol. The number of rotatable bonds is 4. The lowest BCUT2D eigenvalue weighted by Gasteiger charge is -2.21. The van der Waals surface area contributed by atoms with Crippen LogP contribution in [-0.2, 0) is 16.0 Å². The predicted octanol–water partition coefficient (Wildman–Crippen LogP) is 1.72. The van der Waals surface area contributed by atoms with Crippen molar-refractivity contribution in [2.75, 3.05) is 11.9 Å². The van der Waals surface area contributed by atoms with Gasteiger partial charge < -0.3 is 15.4 Å². The Hall–Kier alpha value is -2.04. The topological polar surface area (TPSA) is 67.4 Å². The second-order valence-electron chi connectivity index (χ2n) is 5.33. The van der Waals surface area contributed by atoms with Gasteiger partial charge in [0.15, 0.2) is 0 Å². The lowest BCUT2D eigenvalue weighted by molar-refractivity contribution is -0.126. The second kappa shape index (κ2) is 5.94. The summed E-state index contributed by atoms with van der Waals surface area (Å²) < 4.78 is 5.43. The molecule has 0 spiro atoms. The van der Waals surface area contributed by atoms with E-state index in [1.807, 2.05) is 32.0 Å². The van der Waals surface area contributed by atoms with Gasteiger partial charge in [-0.2, -0.15) is 0 Å². The number of carbonyl (C=O) groups is 2. The van der Waals surface area contributed by atoms with E-state index in [1.54, 1.807) is 0 Å². The average Bonchev–Trinajstić information content (AvgIpc) is 2.82. The van der Waals surface area contributed by atoms with E-state index in [9.17, 15) is 9.59 Å². The van der Waals surface area contributed by atoms with Crippen LogP contribution in [0.3, 0.4) is 0 Å². The summed E-state index contributed by atoms with van der Waals surface area (Å²) >= 11 is 0. The maximum absolute atomic E-state index is 12.2. The molecule has 0 fully saturated rings. The molecule has 20 heavy (non-hydrogen) atoms. The van der Waals surface area contributed by atoms with Gasteiger partial charge in [-0.3, -0.25) is 9.59 Å². The molecule has 2 N–H and O–H groups in total.